The molecule has 0 amide bonds. The van der Waals surface area contributed by atoms with E-state index in [1.807, 2.05) is 13.8 Å². The molecule has 0 bridgehead atoms. The minimum Gasteiger partial charge on any atom is -0.304 e. The Kier molecular flexibility index (Phi) is 3.08. The van der Waals surface area contributed by atoms with Crippen LogP contribution in [0, 0.1) is 5.92 Å². The summed E-state index contributed by atoms with van der Waals surface area (Å²) < 4.78 is 0. The van der Waals surface area contributed by atoms with Crippen molar-refractivity contribution in [2.45, 2.75) is 13.8 Å². The molecule has 37 valence electrons. The summed E-state index contributed by atoms with van der Waals surface area (Å²) in [4.78, 5) is 4.27. The van der Waals surface area contributed by atoms with Crippen molar-refractivity contribution in [1.82, 2.24) is 0 Å². The summed E-state index contributed by atoms with van der Waals surface area (Å²) in [6.45, 7) is 4.50. The van der Waals surface area contributed by atoms with E-state index >= 15 is 0 Å². The van der Waals surface area contributed by atoms with E-state index in [-0.39, 0.29) is 0 Å². The first-order valence-electron chi connectivity index (χ1n) is 1.88. The molecule has 0 aliphatic rings. The summed E-state index contributed by atoms with van der Waals surface area (Å²) in [6.07, 6.45) is 0. The molecule has 2 heteroatoms. The van der Waals surface area contributed by atoms with E-state index in [2.05, 4.69) is 4.84 Å². The van der Waals surface area contributed by atoms with Crippen molar-refractivity contribution in [3.05, 3.63) is 5.92 Å². The van der Waals surface area contributed by atoms with Gasteiger partial charge in [-0.3, -0.25) is 0 Å². The lowest BCUT2D eigenvalue weighted by atomic mass is 10.2. The lowest BCUT2D eigenvalue weighted by molar-refractivity contribution is 0.149. The van der Waals surface area contributed by atoms with Crippen molar-refractivity contribution >= 4 is 0 Å². The SMILES string of the molecule is C[C](C)CON. The first kappa shape index (κ1) is 5.92. The smallest absolute Gasteiger partial charge is 0.0736 e. The Morgan fingerprint density at radius 3 is 2.17 bits per heavy atom. The standard InChI is InChI=1S/C4H10NO/c1-4(2)3-6-5/h3,5H2,1-2H3. The molecule has 2 nitrogen and oxygen atoms in total. The van der Waals surface area contributed by atoms with Crippen molar-refractivity contribution in [3.63, 3.8) is 0 Å². The highest BCUT2D eigenvalue weighted by atomic mass is 16.6. The number of hydrogen-bond donors (Lipinski definition) is 1. The van der Waals surface area contributed by atoms with E-state index in [1.165, 1.54) is 5.92 Å². The highest BCUT2D eigenvalue weighted by Gasteiger charge is 1.87. The molecule has 0 saturated heterocycles. The number of hydrogen-bond acceptors (Lipinski definition) is 2. The maximum atomic E-state index is 4.71. The van der Waals surface area contributed by atoms with Crippen LogP contribution in [0.5, 0.6) is 0 Å². The molecule has 0 atom stereocenters. The van der Waals surface area contributed by atoms with Gasteiger partial charge in [0.1, 0.15) is 0 Å². The van der Waals surface area contributed by atoms with Crippen LogP contribution in [0.1, 0.15) is 13.8 Å². The van der Waals surface area contributed by atoms with Gasteiger partial charge in [-0.05, 0) is 5.92 Å². The van der Waals surface area contributed by atoms with Crippen LogP contribution in [0.4, 0.5) is 0 Å². The van der Waals surface area contributed by atoms with E-state index in [4.69, 9.17) is 5.90 Å². The third kappa shape index (κ3) is 3.92. The zero-order chi connectivity index (χ0) is 4.99. The summed E-state index contributed by atoms with van der Waals surface area (Å²) in [5.41, 5.74) is 0. The van der Waals surface area contributed by atoms with Crippen molar-refractivity contribution in [1.29, 1.82) is 0 Å². The van der Waals surface area contributed by atoms with Crippen molar-refractivity contribution < 1.29 is 4.84 Å². The average molecular weight is 88.1 g/mol. The molecule has 0 aliphatic heterocycles. The molecule has 0 heterocycles. The zero-order valence-electron chi connectivity index (χ0n) is 4.19. The van der Waals surface area contributed by atoms with Crippen molar-refractivity contribution in [3.8, 4) is 0 Å². The minimum atomic E-state index is 0.569. The van der Waals surface area contributed by atoms with Gasteiger partial charge in [0.2, 0.25) is 0 Å². The van der Waals surface area contributed by atoms with Crippen LogP contribution in [0.3, 0.4) is 0 Å². The lowest BCUT2D eigenvalue weighted by Crippen LogP contribution is -2.04. The largest absolute Gasteiger partial charge is 0.304 e. The molecule has 0 fully saturated rings. The van der Waals surface area contributed by atoms with Gasteiger partial charge in [-0.1, -0.05) is 13.8 Å². The van der Waals surface area contributed by atoms with Gasteiger partial charge in [-0.2, -0.15) is 0 Å². The van der Waals surface area contributed by atoms with Crippen molar-refractivity contribution in [2.24, 2.45) is 5.90 Å². The Hall–Kier alpha value is -0.0800. The Morgan fingerprint density at radius 1 is 1.67 bits per heavy atom. The van der Waals surface area contributed by atoms with E-state index < -0.39 is 0 Å². The van der Waals surface area contributed by atoms with Gasteiger partial charge in [-0.25, -0.2) is 5.90 Å². The normalized spacial score (nSPS) is 10.0. The molecule has 0 rings (SSSR count). The fourth-order valence-electron chi connectivity index (χ4n) is 0.167. The summed E-state index contributed by atoms with van der Waals surface area (Å²) in [5.74, 6) is 5.90. The van der Waals surface area contributed by atoms with Crippen LogP contribution in [0.15, 0.2) is 0 Å². The van der Waals surface area contributed by atoms with Crippen molar-refractivity contribution in [2.75, 3.05) is 6.61 Å². The van der Waals surface area contributed by atoms with Gasteiger partial charge in [0.15, 0.2) is 0 Å². The first-order chi connectivity index (χ1) is 2.77. The average Bonchev–Trinajstić information content (AvgIpc) is 1.35. The van der Waals surface area contributed by atoms with Gasteiger partial charge < -0.3 is 4.84 Å². The lowest BCUT2D eigenvalue weighted by Gasteiger charge is -1.96. The summed E-state index contributed by atoms with van der Waals surface area (Å²) in [7, 11) is 0. The van der Waals surface area contributed by atoms with E-state index in [9.17, 15) is 0 Å². The van der Waals surface area contributed by atoms with Crippen LogP contribution >= 0.6 is 0 Å². The molecular formula is C4H10NO. The van der Waals surface area contributed by atoms with Gasteiger partial charge in [0.25, 0.3) is 0 Å². The van der Waals surface area contributed by atoms with Gasteiger partial charge in [-0.15, -0.1) is 0 Å². The monoisotopic (exact) mass is 88.1 g/mol. The summed E-state index contributed by atoms with van der Waals surface area (Å²) in [6, 6.07) is 0. The maximum absolute atomic E-state index is 4.71. The highest BCUT2D eigenvalue weighted by molar-refractivity contribution is 4.74. The minimum absolute atomic E-state index is 0.569. The molecule has 0 aromatic carbocycles. The molecule has 2 N–H and O–H groups in total. The molecule has 0 aliphatic carbocycles. The Labute approximate surface area is 38.2 Å². The third-order valence-electron chi connectivity index (χ3n) is 0.372. The molecule has 6 heavy (non-hydrogen) atoms. The quantitative estimate of drug-likeness (QED) is 0.498. The van der Waals surface area contributed by atoms with Crippen LogP contribution in [0.25, 0.3) is 0 Å². The Bertz CT molecular complexity index is 28.7. The third-order valence-corrected chi connectivity index (χ3v) is 0.372. The van der Waals surface area contributed by atoms with Gasteiger partial charge in [0, 0.05) is 0 Å². The zero-order valence-corrected chi connectivity index (χ0v) is 4.19. The maximum Gasteiger partial charge on any atom is 0.0736 e. The molecule has 0 aromatic rings. The molecule has 0 unspecified atom stereocenters. The predicted octanol–water partition coefficient (Wildman–Crippen LogP) is 0.491. The summed E-state index contributed by atoms with van der Waals surface area (Å²) in [5, 5.41) is 0. The molecular weight excluding hydrogens is 78.0 g/mol. The van der Waals surface area contributed by atoms with Crippen LogP contribution < -0.4 is 5.90 Å². The summed E-state index contributed by atoms with van der Waals surface area (Å²) >= 11 is 0. The Balaban J connectivity index is 2.63. The fraction of sp³-hybridized carbons (Fsp3) is 0.750. The topological polar surface area (TPSA) is 35.2 Å². The number of nitrogens with two attached hydrogens (primary N) is 1. The van der Waals surface area contributed by atoms with E-state index in [0.29, 0.717) is 6.61 Å². The predicted molar refractivity (Wildman–Crippen MR) is 24.7 cm³/mol. The molecule has 1 radical (unpaired) electrons. The van der Waals surface area contributed by atoms with E-state index in [0.717, 1.165) is 0 Å². The van der Waals surface area contributed by atoms with Gasteiger partial charge in [0.05, 0.1) is 6.61 Å². The number of rotatable bonds is 2. The molecule has 0 aromatic heterocycles. The Morgan fingerprint density at radius 2 is 2.17 bits per heavy atom. The first-order valence-corrected chi connectivity index (χ1v) is 1.88. The second-order valence-electron chi connectivity index (χ2n) is 1.52. The second-order valence-corrected chi connectivity index (χ2v) is 1.52. The molecule has 0 spiro atoms. The molecule has 0 saturated carbocycles. The highest BCUT2D eigenvalue weighted by Crippen LogP contribution is 1.90. The fourth-order valence-corrected chi connectivity index (χ4v) is 0.167. The van der Waals surface area contributed by atoms with Crippen LogP contribution in [0.2, 0.25) is 0 Å². The van der Waals surface area contributed by atoms with Crippen LogP contribution in [-0.2, 0) is 4.84 Å². The second kappa shape index (κ2) is 3.12. The van der Waals surface area contributed by atoms with E-state index in [1.54, 1.807) is 0 Å². The van der Waals surface area contributed by atoms with Crippen LogP contribution in [-0.4, -0.2) is 6.61 Å². The van der Waals surface area contributed by atoms with Gasteiger partial charge >= 0.3 is 0 Å².